The Bertz CT molecular complexity index is 1500. The number of pyridine rings is 1. The van der Waals surface area contributed by atoms with Crippen molar-refractivity contribution in [3.63, 3.8) is 0 Å². The summed E-state index contributed by atoms with van der Waals surface area (Å²) in [4.78, 5) is 18.1. The first-order valence-corrected chi connectivity index (χ1v) is 13.3. The van der Waals surface area contributed by atoms with Gasteiger partial charge in [0.25, 0.3) is 0 Å². The standard InChI is InChI=1S/C32H32N4O2/c1-21-17-25(36-16-4-6-22-5-2-3-7-31(22)36)9-11-26(21)23-8-10-27-24(18-23)12-15-34-30(27)20-35-29-19-33-14-13-28(29)32(37)38/h2-3,5,7-11,13-14,17-19,30,34-35H,4,6,12,15-16,20H2,1H3,(H,37,38)/t30-/m1/s1. The number of aryl methyl sites for hydroxylation is 2. The number of para-hydroxylation sites is 1. The molecule has 0 amide bonds. The Balaban J connectivity index is 1.23. The molecule has 3 aromatic carbocycles. The van der Waals surface area contributed by atoms with Crippen LogP contribution < -0.4 is 15.5 Å². The van der Waals surface area contributed by atoms with E-state index in [0.717, 1.165) is 25.9 Å². The lowest BCUT2D eigenvalue weighted by molar-refractivity contribution is 0.0697. The molecule has 38 heavy (non-hydrogen) atoms. The topological polar surface area (TPSA) is 77.5 Å². The Morgan fingerprint density at radius 3 is 2.84 bits per heavy atom. The minimum absolute atomic E-state index is 0.0947. The van der Waals surface area contributed by atoms with E-state index >= 15 is 0 Å². The van der Waals surface area contributed by atoms with Crippen LogP contribution in [0.25, 0.3) is 11.1 Å². The lowest BCUT2D eigenvalue weighted by Crippen LogP contribution is -2.34. The van der Waals surface area contributed by atoms with Crippen molar-refractivity contribution in [1.82, 2.24) is 10.3 Å². The van der Waals surface area contributed by atoms with Gasteiger partial charge in [-0.25, -0.2) is 4.79 Å². The molecule has 0 fully saturated rings. The number of hydrogen-bond acceptors (Lipinski definition) is 5. The molecule has 1 atom stereocenters. The number of rotatable bonds is 6. The summed E-state index contributed by atoms with van der Waals surface area (Å²) in [7, 11) is 0. The maximum atomic E-state index is 11.6. The lowest BCUT2D eigenvalue weighted by Gasteiger charge is -2.32. The van der Waals surface area contributed by atoms with Crippen LogP contribution in [-0.2, 0) is 12.8 Å². The third kappa shape index (κ3) is 4.63. The van der Waals surface area contributed by atoms with Gasteiger partial charge in [-0.05, 0) is 90.4 Å². The van der Waals surface area contributed by atoms with Gasteiger partial charge in [0.1, 0.15) is 0 Å². The fraction of sp³-hybridized carbons (Fsp3) is 0.250. The molecule has 0 aliphatic carbocycles. The minimum atomic E-state index is -0.956. The van der Waals surface area contributed by atoms with E-state index in [9.17, 15) is 9.90 Å². The van der Waals surface area contributed by atoms with Crippen LogP contribution in [-0.4, -0.2) is 35.7 Å². The summed E-state index contributed by atoms with van der Waals surface area (Å²) in [6, 6.07) is 24.0. The van der Waals surface area contributed by atoms with E-state index < -0.39 is 5.97 Å². The Kier molecular flexibility index (Phi) is 6.56. The summed E-state index contributed by atoms with van der Waals surface area (Å²) in [5, 5.41) is 16.3. The van der Waals surface area contributed by atoms with Crippen molar-refractivity contribution >= 4 is 23.0 Å². The number of carbonyl (C=O) groups is 1. The number of fused-ring (bicyclic) bond motifs is 2. The number of aromatic nitrogens is 1. The molecule has 192 valence electrons. The van der Waals surface area contributed by atoms with Crippen LogP contribution in [0.1, 0.15) is 45.1 Å². The van der Waals surface area contributed by atoms with Gasteiger partial charge in [0, 0.05) is 36.7 Å². The molecule has 2 aliphatic rings. The smallest absolute Gasteiger partial charge is 0.337 e. The first-order chi connectivity index (χ1) is 18.6. The van der Waals surface area contributed by atoms with Crippen molar-refractivity contribution in [2.75, 3.05) is 29.9 Å². The molecule has 3 N–H and O–H groups in total. The number of nitrogens with one attached hydrogen (secondary N) is 2. The highest BCUT2D eigenvalue weighted by Crippen LogP contribution is 2.37. The number of anilines is 3. The van der Waals surface area contributed by atoms with Gasteiger partial charge in [-0.2, -0.15) is 0 Å². The van der Waals surface area contributed by atoms with E-state index in [-0.39, 0.29) is 11.6 Å². The Hall–Kier alpha value is -4.16. The zero-order valence-electron chi connectivity index (χ0n) is 21.6. The van der Waals surface area contributed by atoms with Crippen molar-refractivity contribution in [3.05, 3.63) is 107 Å². The van der Waals surface area contributed by atoms with Gasteiger partial charge in [-0.1, -0.05) is 42.5 Å². The molecule has 0 spiro atoms. The first kappa shape index (κ1) is 24.2. The maximum Gasteiger partial charge on any atom is 0.337 e. The number of aromatic carboxylic acids is 1. The summed E-state index contributed by atoms with van der Waals surface area (Å²) in [5.74, 6) is -0.956. The van der Waals surface area contributed by atoms with Crippen LogP contribution >= 0.6 is 0 Å². The fourth-order valence-corrected chi connectivity index (χ4v) is 5.88. The maximum absolute atomic E-state index is 11.6. The highest BCUT2D eigenvalue weighted by molar-refractivity contribution is 5.93. The summed E-state index contributed by atoms with van der Waals surface area (Å²) >= 11 is 0. The number of carboxylic acid groups (broad SMARTS) is 1. The molecule has 2 aliphatic heterocycles. The van der Waals surface area contributed by atoms with E-state index in [0.29, 0.717) is 12.2 Å². The van der Waals surface area contributed by atoms with Gasteiger partial charge in [-0.15, -0.1) is 0 Å². The molecule has 4 aromatic rings. The van der Waals surface area contributed by atoms with E-state index in [4.69, 9.17) is 0 Å². The van der Waals surface area contributed by atoms with Crippen molar-refractivity contribution in [2.24, 2.45) is 0 Å². The average molecular weight is 505 g/mol. The summed E-state index contributed by atoms with van der Waals surface area (Å²) in [5.41, 5.74) is 11.1. The SMILES string of the molecule is Cc1cc(N2CCCc3ccccc32)ccc1-c1ccc2c(c1)CCN[C@@H]2CNc1cnccc1C(=O)O. The van der Waals surface area contributed by atoms with Gasteiger partial charge in [0.2, 0.25) is 0 Å². The Morgan fingerprint density at radius 1 is 1.08 bits per heavy atom. The fourth-order valence-electron chi connectivity index (χ4n) is 5.88. The molecule has 0 saturated carbocycles. The largest absolute Gasteiger partial charge is 0.478 e. The van der Waals surface area contributed by atoms with Crippen LogP contribution in [0.3, 0.4) is 0 Å². The zero-order valence-corrected chi connectivity index (χ0v) is 21.6. The van der Waals surface area contributed by atoms with Gasteiger partial charge < -0.3 is 20.6 Å². The second kappa shape index (κ2) is 10.3. The third-order valence-electron chi connectivity index (χ3n) is 7.79. The quantitative estimate of drug-likeness (QED) is 0.293. The molecule has 0 saturated heterocycles. The first-order valence-electron chi connectivity index (χ1n) is 13.3. The summed E-state index contributed by atoms with van der Waals surface area (Å²) in [6.45, 7) is 4.72. The summed E-state index contributed by atoms with van der Waals surface area (Å²) in [6.07, 6.45) is 6.36. The second-order valence-electron chi connectivity index (χ2n) is 10.2. The van der Waals surface area contributed by atoms with Crippen molar-refractivity contribution in [3.8, 4) is 11.1 Å². The molecule has 0 bridgehead atoms. The van der Waals surface area contributed by atoms with Crippen molar-refractivity contribution in [2.45, 2.75) is 32.2 Å². The number of benzene rings is 3. The second-order valence-corrected chi connectivity index (χ2v) is 10.2. The van der Waals surface area contributed by atoms with E-state index in [1.807, 2.05) is 0 Å². The highest BCUT2D eigenvalue weighted by Gasteiger charge is 2.22. The molecule has 3 heterocycles. The van der Waals surface area contributed by atoms with Crippen LogP contribution in [0.2, 0.25) is 0 Å². The van der Waals surface area contributed by atoms with Crippen LogP contribution in [0, 0.1) is 6.92 Å². The number of hydrogen-bond donors (Lipinski definition) is 3. The number of carboxylic acids is 1. The molecule has 6 rings (SSSR count). The predicted molar refractivity (Wildman–Crippen MR) is 153 cm³/mol. The lowest BCUT2D eigenvalue weighted by atomic mass is 9.89. The molecular formula is C32H32N4O2. The zero-order chi connectivity index (χ0) is 26.1. The molecular weight excluding hydrogens is 472 g/mol. The van der Waals surface area contributed by atoms with Crippen LogP contribution in [0.15, 0.2) is 79.1 Å². The minimum Gasteiger partial charge on any atom is -0.478 e. The molecule has 0 radical (unpaired) electrons. The Labute approximate surface area is 223 Å². The molecule has 1 aromatic heterocycles. The molecule has 6 nitrogen and oxygen atoms in total. The normalized spacial score (nSPS) is 16.4. The summed E-state index contributed by atoms with van der Waals surface area (Å²) < 4.78 is 0. The van der Waals surface area contributed by atoms with Crippen molar-refractivity contribution < 1.29 is 9.90 Å². The van der Waals surface area contributed by atoms with E-state index in [1.165, 1.54) is 63.4 Å². The van der Waals surface area contributed by atoms with Gasteiger partial charge in [0.05, 0.1) is 17.4 Å². The van der Waals surface area contributed by atoms with Gasteiger partial charge >= 0.3 is 5.97 Å². The Morgan fingerprint density at radius 2 is 1.97 bits per heavy atom. The third-order valence-corrected chi connectivity index (χ3v) is 7.79. The number of nitrogens with zero attached hydrogens (tertiary/aromatic N) is 2. The van der Waals surface area contributed by atoms with E-state index in [2.05, 4.69) is 88.1 Å². The van der Waals surface area contributed by atoms with Crippen LogP contribution in [0.5, 0.6) is 0 Å². The average Bonchev–Trinajstić information content (AvgIpc) is 2.95. The van der Waals surface area contributed by atoms with E-state index in [1.54, 1.807) is 6.20 Å². The van der Waals surface area contributed by atoms with Crippen LogP contribution in [0.4, 0.5) is 17.1 Å². The molecule has 0 unspecified atom stereocenters. The highest BCUT2D eigenvalue weighted by atomic mass is 16.4. The van der Waals surface area contributed by atoms with Gasteiger partial charge in [0.15, 0.2) is 0 Å². The van der Waals surface area contributed by atoms with Crippen molar-refractivity contribution in [1.29, 1.82) is 0 Å². The monoisotopic (exact) mass is 504 g/mol. The molecule has 6 heteroatoms. The van der Waals surface area contributed by atoms with Gasteiger partial charge in [-0.3, -0.25) is 4.98 Å². The predicted octanol–water partition coefficient (Wildman–Crippen LogP) is 6.14.